The molecule has 0 aliphatic carbocycles. The molecule has 0 atom stereocenters. The van der Waals surface area contributed by atoms with Gasteiger partial charge in [-0.1, -0.05) is 48.5 Å². The maximum Gasteiger partial charge on any atom is 0.416 e. The van der Waals surface area contributed by atoms with Gasteiger partial charge >= 0.3 is 6.18 Å². The topological polar surface area (TPSA) is 83.1 Å². The number of benzene rings is 3. The number of carbonyl (C=O) groups is 1. The zero-order chi connectivity index (χ0) is 27.0. The predicted molar refractivity (Wildman–Crippen MR) is 138 cm³/mol. The van der Waals surface area contributed by atoms with Crippen molar-refractivity contribution in [1.82, 2.24) is 14.6 Å². The number of halogens is 3. The van der Waals surface area contributed by atoms with E-state index in [1.807, 2.05) is 43.3 Å². The van der Waals surface area contributed by atoms with Gasteiger partial charge in [-0.15, -0.1) is 5.10 Å². The van der Waals surface area contributed by atoms with E-state index < -0.39 is 11.7 Å². The molecule has 0 fully saturated rings. The van der Waals surface area contributed by atoms with Crippen LogP contribution in [0, 0.1) is 18.3 Å². The van der Waals surface area contributed by atoms with Gasteiger partial charge in [0.25, 0.3) is 0 Å². The second-order valence-corrected chi connectivity index (χ2v) is 8.74. The summed E-state index contributed by atoms with van der Waals surface area (Å²) in [6.07, 6.45) is -2.77. The van der Waals surface area contributed by atoms with Gasteiger partial charge in [-0.05, 0) is 59.0 Å². The highest BCUT2D eigenvalue weighted by atomic mass is 19.4. The van der Waals surface area contributed by atoms with Crippen molar-refractivity contribution in [2.24, 2.45) is 0 Å². The van der Waals surface area contributed by atoms with Crippen molar-refractivity contribution < 1.29 is 18.0 Å². The summed E-state index contributed by atoms with van der Waals surface area (Å²) in [5.74, 6) is -0.327. The first-order valence-electron chi connectivity index (χ1n) is 11.6. The van der Waals surface area contributed by atoms with Crippen LogP contribution in [0.2, 0.25) is 0 Å². The van der Waals surface area contributed by atoms with Crippen molar-refractivity contribution in [3.63, 3.8) is 0 Å². The Balaban J connectivity index is 1.79. The number of nitriles is 1. The van der Waals surface area contributed by atoms with Crippen LogP contribution in [-0.2, 0) is 11.0 Å². The molecular formula is C29H20F3N5O. The number of anilines is 1. The van der Waals surface area contributed by atoms with Crippen LogP contribution >= 0.6 is 0 Å². The van der Waals surface area contributed by atoms with Gasteiger partial charge in [-0.2, -0.15) is 23.4 Å². The Morgan fingerprint density at radius 2 is 1.66 bits per heavy atom. The highest BCUT2D eigenvalue weighted by Gasteiger charge is 2.31. The molecule has 0 spiro atoms. The summed E-state index contributed by atoms with van der Waals surface area (Å²) in [5, 5.41) is 16.1. The molecule has 9 heteroatoms. The minimum Gasteiger partial charge on any atom is -0.293 e. The molecule has 2 heterocycles. The van der Waals surface area contributed by atoms with Gasteiger partial charge in [0.2, 0.25) is 11.9 Å². The summed E-state index contributed by atoms with van der Waals surface area (Å²) < 4.78 is 42.2. The lowest BCUT2D eigenvalue weighted by molar-refractivity contribution is -0.137. The maximum absolute atomic E-state index is 13.6. The lowest BCUT2D eigenvalue weighted by Gasteiger charge is -2.17. The summed E-state index contributed by atoms with van der Waals surface area (Å²) in [5.41, 5.74) is 4.83. The Kier molecular flexibility index (Phi) is 6.17. The van der Waals surface area contributed by atoms with Crippen molar-refractivity contribution in [3.8, 4) is 39.4 Å². The normalized spacial score (nSPS) is 11.4. The molecule has 0 unspecified atom stereocenters. The first kappa shape index (κ1) is 24.7. The summed E-state index contributed by atoms with van der Waals surface area (Å²) >= 11 is 0. The average molecular weight is 512 g/mol. The number of rotatable bonds is 4. The van der Waals surface area contributed by atoms with E-state index in [2.05, 4.69) is 21.5 Å². The van der Waals surface area contributed by atoms with Crippen LogP contribution in [0.5, 0.6) is 0 Å². The second-order valence-electron chi connectivity index (χ2n) is 8.74. The van der Waals surface area contributed by atoms with Crippen molar-refractivity contribution >= 4 is 17.5 Å². The molecule has 6 nitrogen and oxygen atoms in total. The Hall–Kier alpha value is -4.97. The van der Waals surface area contributed by atoms with Crippen LogP contribution in [0.25, 0.3) is 39.0 Å². The SMILES string of the molecule is CC(=O)Nc1nc2c(-c3cccc(C(F)(F)F)c3)c(C)c(-c3ccccc3-c3ccc(C#N)cc3)cn2n1. The number of nitrogens with one attached hydrogen (secondary N) is 1. The van der Waals surface area contributed by atoms with Crippen molar-refractivity contribution in [3.05, 3.63) is 95.7 Å². The monoisotopic (exact) mass is 511 g/mol. The minimum atomic E-state index is -4.52. The van der Waals surface area contributed by atoms with E-state index in [4.69, 9.17) is 0 Å². The maximum atomic E-state index is 13.6. The standard InChI is InChI=1S/C29H20F3N5O/c1-17-25(24-9-4-3-8-23(24)20-12-10-19(15-33)11-13-20)16-37-27(35-28(36-37)34-18(2)38)26(17)21-6-5-7-22(14-21)29(30,31)32/h3-14,16H,1-2H3,(H,34,36,38). The summed E-state index contributed by atoms with van der Waals surface area (Å²) in [7, 11) is 0. The molecule has 0 saturated carbocycles. The Morgan fingerprint density at radius 1 is 0.947 bits per heavy atom. The minimum absolute atomic E-state index is 0.0441. The summed E-state index contributed by atoms with van der Waals surface area (Å²) in [6, 6.07) is 22.0. The third kappa shape index (κ3) is 4.60. The highest BCUT2D eigenvalue weighted by molar-refractivity contribution is 5.92. The zero-order valence-corrected chi connectivity index (χ0v) is 20.3. The first-order chi connectivity index (χ1) is 18.2. The van der Waals surface area contributed by atoms with Crippen LogP contribution in [0.15, 0.2) is 79.0 Å². The third-order valence-corrected chi connectivity index (χ3v) is 6.19. The zero-order valence-electron chi connectivity index (χ0n) is 20.3. The predicted octanol–water partition coefficient (Wildman–Crippen LogP) is 6.89. The molecule has 0 radical (unpaired) electrons. The fourth-order valence-electron chi connectivity index (χ4n) is 4.48. The van der Waals surface area contributed by atoms with E-state index >= 15 is 0 Å². The molecule has 188 valence electrons. The van der Waals surface area contributed by atoms with E-state index in [1.165, 1.54) is 17.5 Å². The van der Waals surface area contributed by atoms with E-state index in [9.17, 15) is 23.2 Å². The number of hydrogen-bond donors (Lipinski definition) is 1. The van der Waals surface area contributed by atoms with Crippen LogP contribution in [0.3, 0.4) is 0 Å². The number of aromatic nitrogens is 3. The Labute approximate surface area is 216 Å². The number of fused-ring (bicyclic) bond motifs is 1. The molecule has 38 heavy (non-hydrogen) atoms. The fraction of sp³-hybridized carbons (Fsp3) is 0.103. The molecule has 1 N–H and O–H groups in total. The van der Waals surface area contributed by atoms with Crippen molar-refractivity contribution in [2.75, 3.05) is 5.32 Å². The molecule has 3 aromatic carbocycles. The van der Waals surface area contributed by atoms with Crippen molar-refractivity contribution in [1.29, 1.82) is 5.26 Å². The van der Waals surface area contributed by atoms with Crippen LogP contribution in [0.4, 0.5) is 19.1 Å². The molecule has 0 bridgehead atoms. The van der Waals surface area contributed by atoms with Crippen LogP contribution in [-0.4, -0.2) is 20.5 Å². The number of nitrogens with zero attached hydrogens (tertiary/aromatic N) is 4. The second kappa shape index (κ2) is 9.48. The molecular weight excluding hydrogens is 491 g/mol. The van der Waals surface area contributed by atoms with Crippen LogP contribution < -0.4 is 5.32 Å². The number of amides is 1. The van der Waals surface area contributed by atoms with Gasteiger partial charge < -0.3 is 0 Å². The average Bonchev–Trinajstić information content (AvgIpc) is 3.29. The number of alkyl halides is 3. The van der Waals surface area contributed by atoms with Gasteiger partial charge in [-0.3, -0.25) is 10.1 Å². The summed E-state index contributed by atoms with van der Waals surface area (Å²) in [4.78, 5) is 16.1. The quantitative estimate of drug-likeness (QED) is 0.285. The molecule has 5 rings (SSSR count). The summed E-state index contributed by atoms with van der Waals surface area (Å²) in [6.45, 7) is 3.15. The molecule has 0 saturated heterocycles. The fourth-order valence-corrected chi connectivity index (χ4v) is 4.48. The van der Waals surface area contributed by atoms with Gasteiger partial charge in [0, 0.05) is 24.2 Å². The third-order valence-electron chi connectivity index (χ3n) is 6.19. The highest BCUT2D eigenvalue weighted by Crippen LogP contribution is 2.40. The van der Waals surface area contributed by atoms with E-state index in [1.54, 1.807) is 24.4 Å². The largest absolute Gasteiger partial charge is 0.416 e. The number of carbonyl (C=O) groups excluding carboxylic acids is 1. The van der Waals surface area contributed by atoms with E-state index in [-0.39, 0.29) is 11.9 Å². The molecule has 0 aliphatic rings. The van der Waals surface area contributed by atoms with Gasteiger partial charge in [0.15, 0.2) is 5.65 Å². The Morgan fingerprint density at radius 3 is 2.32 bits per heavy atom. The molecule has 1 amide bonds. The van der Waals surface area contributed by atoms with Gasteiger partial charge in [-0.25, -0.2) is 4.52 Å². The van der Waals surface area contributed by atoms with E-state index in [0.29, 0.717) is 27.9 Å². The molecule has 0 aliphatic heterocycles. The first-order valence-corrected chi connectivity index (χ1v) is 11.6. The van der Waals surface area contributed by atoms with Gasteiger partial charge in [0.1, 0.15) is 0 Å². The lowest BCUT2D eigenvalue weighted by Crippen LogP contribution is -2.07. The number of hydrogen-bond acceptors (Lipinski definition) is 4. The smallest absolute Gasteiger partial charge is 0.293 e. The Bertz CT molecular complexity index is 1730. The van der Waals surface area contributed by atoms with Crippen molar-refractivity contribution in [2.45, 2.75) is 20.0 Å². The van der Waals surface area contributed by atoms with Gasteiger partial charge in [0.05, 0.1) is 17.2 Å². The number of pyridine rings is 1. The lowest BCUT2D eigenvalue weighted by atomic mass is 9.89. The van der Waals surface area contributed by atoms with Crippen LogP contribution in [0.1, 0.15) is 23.6 Å². The molecule has 5 aromatic rings. The molecule has 2 aromatic heterocycles. The van der Waals surface area contributed by atoms with E-state index in [0.717, 1.165) is 34.4 Å².